The van der Waals surface area contributed by atoms with Crippen LogP contribution >= 0.6 is 34.5 Å². The van der Waals surface area contributed by atoms with Gasteiger partial charge < -0.3 is 5.32 Å². The molecule has 0 bridgehead atoms. The molecule has 6 nitrogen and oxygen atoms in total. The third kappa shape index (κ3) is 3.24. The van der Waals surface area contributed by atoms with E-state index in [4.69, 9.17) is 23.2 Å². The monoisotopic (exact) mass is 331 g/mol. The minimum Gasteiger partial charge on any atom is -0.347 e. The topological polar surface area (TPSA) is 85.1 Å². The lowest BCUT2D eigenvalue weighted by molar-refractivity contribution is -0.385. The Balaban J connectivity index is 2.17. The van der Waals surface area contributed by atoms with Crippen LogP contribution in [0.15, 0.2) is 24.4 Å². The van der Waals surface area contributed by atoms with Gasteiger partial charge in [0.2, 0.25) is 5.15 Å². The van der Waals surface area contributed by atoms with Gasteiger partial charge in [0.25, 0.3) is 5.91 Å². The van der Waals surface area contributed by atoms with E-state index in [1.165, 1.54) is 23.6 Å². The Hall–Kier alpha value is -1.70. The van der Waals surface area contributed by atoms with Crippen molar-refractivity contribution in [2.24, 2.45) is 0 Å². The number of amides is 1. The van der Waals surface area contributed by atoms with Crippen LogP contribution in [0.2, 0.25) is 9.49 Å². The highest BCUT2D eigenvalue weighted by Gasteiger charge is 2.24. The minimum atomic E-state index is -0.730. The molecule has 0 saturated heterocycles. The molecular weight excluding hydrogens is 325 g/mol. The van der Waals surface area contributed by atoms with Crippen LogP contribution in [-0.2, 0) is 6.54 Å². The second-order valence-corrected chi connectivity index (χ2v) is 5.80. The molecule has 2 heterocycles. The molecule has 0 atom stereocenters. The smallest absolute Gasteiger partial charge is 0.319 e. The number of nitrogens with zero attached hydrogens (tertiary/aromatic N) is 2. The molecule has 0 aliphatic carbocycles. The number of carbonyl (C=O) groups is 1. The Bertz CT molecular complexity index is 675. The summed E-state index contributed by atoms with van der Waals surface area (Å²) in [4.78, 5) is 26.6. The third-order valence-electron chi connectivity index (χ3n) is 2.36. The summed E-state index contributed by atoms with van der Waals surface area (Å²) in [5.41, 5.74) is -0.631. The molecule has 2 aromatic rings. The Labute approximate surface area is 127 Å². The molecule has 2 rings (SSSR count). The summed E-state index contributed by atoms with van der Waals surface area (Å²) in [6.45, 7) is 0.229. The van der Waals surface area contributed by atoms with E-state index in [-0.39, 0.29) is 17.3 Å². The van der Waals surface area contributed by atoms with Crippen molar-refractivity contribution < 1.29 is 9.72 Å². The number of hydrogen-bond donors (Lipinski definition) is 1. The van der Waals surface area contributed by atoms with Crippen molar-refractivity contribution in [1.29, 1.82) is 0 Å². The van der Waals surface area contributed by atoms with Gasteiger partial charge in [-0.15, -0.1) is 11.3 Å². The van der Waals surface area contributed by atoms with E-state index in [9.17, 15) is 14.9 Å². The molecule has 9 heteroatoms. The van der Waals surface area contributed by atoms with Crippen LogP contribution in [0, 0.1) is 10.1 Å². The van der Waals surface area contributed by atoms with E-state index in [2.05, 4.69) is 10.3 Å². The van der Waals surface area contributed by atoms with Crippen molar-refractivity contribution in [2.75, 3.05) is 0 Å². The van der Waals surface area contributed by atoms with E-state index in [1.807, 2.05) is 0 Å². The average Bonchev–Trinajstić information content (AvgIpc) is 2.81. The zero-order valence-electron chi connectivity index (χ0n) is 9.80. The molecule has 104 valence electrons. The molecule has 2 aromatic heterocycles. The molecule has 1 N–H and O–H groups in total. The Morgan fingerprint density at radius 3 is 2.75 bits per heavy atom. The van der Waals surface area contributed by atoms with Gasteiger partial charge in [-0.25, -0.2) is 4.98 Å². The SMILES string of the molecule is O=C(NCc1ccc(Cl)s1)c1ccnc(Cl)c1[N+](=O)[O-]. The first-order chi connectivity index (χ1) is 9.49. The van der Waals surface area contributed by atoms with Gasteiger partial charge in [0.05, 0.1) is 15.8 Å². The molecule has 0 aliphatic heterocycles. The van der Waals surface area contributed by atoms with Crippen LogP contribution in [0.25, 0.3) is 0 Å². The molecule has 0 spiro atoms. The summed E-state index contributed by atoms with van der Waals surface area (Å²) >= 11 is 12.7. The van der Waals surface area contributed by atoms with Crippen LogP contribution in [0.1, 0.15) is 15.2 Å². The second kappa shape index (κ2) is 6.17. The summed E-state index contributed by atoms with van der Waals surface area (Å²) in [6.07, 6.45) is 1.24. The molecule has 0 unspecified atom stereocenters. The van der Waals surface area contributed by atoms with Crippen LogP contribution < -0.4 is 5.32 Å². The molecule has 0 aliphatic rings. The van der Waals surface area contributed by atoms with Crippen molar-refractivity contribution >= 4 is 46.1 Å². The summed E-state index contributed by atoms with van der Waals surface area (Å²) in [5.74, 6) is -0.592. The number of carbonyl (C=O) groups excluding carboxylic acids is 1. The predicted molar refractivity (Wildman–Crippen MR) is 76.4 cm³/mol. The second-order valence-electron chi connectivity index (χ2n) is 3.64. The van der Waals surface area contributed by atoms with E-state index in [1.54, 1.807) is 12.1 Å². The van der Waals surface area contributed by atoms with E-state index < -0.39 is 16.5 Å². The molecule has 20 heavy (non-hydrogen) atoms. The van der Waals surface area contributed by atoms with Crippen molar-refractivity contribution in [1.82, 2.24) is 10.3 Å². The molecule has 0 aromatic carbocycles. The van der Waals surface area contributed by atoms with Gasteiger partial charge in [-0.3, -0.25) is 14.9 Å². The summed E-state index contributed by atoms with van der Waals surface area (Å²) < 4.78 is 0.604. The molecule has 1 amide bonds. The van der Waals surface area contributed by atoms with Crippen molar-refractivity contribution in [2.45, 2.75) is 6.54 Å². The van der Waals surface area contributed by atoms with Crippen LogP contribution in [0.5, 0.6) is 0 Å². The zero-order valence-corrected chi connectivity index (χ0v) is 12.1. The third-order valence-corrected chi connectivity index (χ3v) is 3.87. The summed E-state index contributed by atoms with van der Waals surface area (Å²) in [6, 6.07) is 4.72. The maximum absolute atomic E-state index is 12.0. The fourth-order valence-electron chi connectivity index (χ4n) is 1.49. The molecular formula is C11H7Cl2N3O3S. The lowest BCUT2D eigenvalue weighted by Gasteiger charge is -2.05. The first kappa shape index (κ1) is 14.7. The van der Waals surface area contributed by atoms with E-state index in [0.29, 0.717) is 4.34 Å². The highest BCUT2D eigenvalue weighted by atomic mass is 35.5. The molecule has 0 saturated carbocycles. The van der Waals surface area contributed by atoms with Gasteiger partial charge in [0.1, 0.15) is 5.56 Å². The van der Waals surface area contributed by atoms with Gasteiger partial charge in [-0.2, -0.15) is 0 Å². The fourth-order valence-corrected chi connectivity index (χ4v) is 2.75. The number of thiophene rings is 1. The highest BCUT2D eigenvalue weighted by Crippen LogP contribution is 2.26. The molecule has 0 radical (unpaired) electrons. The number of hydrogen-bond acceptors (Lipinski definition) is 5. The fraction of sp³-hybridized carbons (Fsp3) is 0.0909. The van der Waals surface area contributed by atoms with Gasteiger partial charge in [0, 0.05) is 11.1 Å². The van der Waals surface area contributed by atoms with E-state index >= 15 is 0 Å². The maximum atomic E-state index is 12.0. The highest BCUT2D eigenvalue weighted by molar-refractivity contribution is 7.16. The van der Waals surface area contributed by atoms with E-state index in [0.717, 1.165) is 4.88 Å². The number of halogens is 2. The maximum Gasteiger partial charge on any atom is 0.319 e. The summed E-state index contributed by atoms with van der Waals surface area (Å²) in [5, 5.41) is 13.2. The van der Waals surface area contributed by atoms with Gasteiger partial charge >= 0.3 is 5.69 Å². The average molecular weight is 332 g/mol. The number of rotatable bonds is 4. The zero-order chi connectivity index (χ0) is 14.7. The molecule has 0 fully saturated rings. The lowest BCUT2D eigenvalue weighted by atomic mass is 10.2. The lowest BCUT2D eigenvalue weighted by Crippen LogP contribution is -2.23. The number of aromatic nitrogens is 1. The number of nitrogens with one attached hydrogen (secondary N) is 1. The minimum absolute atomic E-state index is 0.127. The Morgan fingerprint density at radius 1 is 1.40 bits per heavy atom. The first-order valence-corrected chi connectivity index (χ1v) is 6.87. The van der Waals surface area contributed by atoms with Gasteiger partial charge in [0.15, 0.2) is 0 Å². The van der Waals surface area contributed by atoms with Crippen LogP contribution in [0.3, 0.4) is 0 Å². The number of pyridine rings is 1. The van der Waals surface area contributed by atoms with Crippen molar-refractivity contribution in [3.63, 3.8) is 0 Å². The largest absolute Gasteiger partial charge is 0.347 e. The standard InChI is InChI=1S/C11H7Cl2N3O3S/c12-8-2-1-6(20-8)5-15-11(17)7-3-4-14-10(13)9(7)16(18)19/h1-4H,5H2,(H,15,17). The first-order valence-electron chi connectivity index (χ1n) is 5.30. The van der Waals surface area contributed by atoms with Crippen molar-refractivity contribution in [3.05, 3.63) is 54.4 Å². The van der Waals surface area contributed by atoms with Gasteiger partial charge in [-0.1, -0.05) is 23.2 Å². The predicted octanol–water partition coefficient (Wildman–Crippen LogP) is 3.29. The number of nitro groups is 1. The quantitative estimate of drug-likeness (QED) is 0.529. The van der Waals surface area contributed by atoms with Crippen LogP contribution in [-0.4, -0.2) is 15.8 Å². The normalized spacial score (nSPS) is 10.3. The Morgan fingerprint density at radius 2 is 2.15 bits per heavy atom. The summed E-state index contributed by atoms with van der Waals surface area (Å²) in [7, 11) is 0. The van der Waals surface area contributed by atoms with Gasteiger partial charge in [-0.05, 0) is 18.2 Å². The Kier molecular flexibility index (Phi) is 4.53. The van der Waals surface area contributed by atoms with Crippen molar-refractivity contribution in [3.8, 4) is 0 Å². The van der Waals surface area contributed by atoms with Crippen LogP contribution in [0.4, 0.5) is 5.69 Å².